The summed E-state index contributed by atoms with van der Waals surface area (Å²) in [5.74, 6) is 0.859. The second kappa shape index (κ2) is 6.77. The Morgan fingerprint density at radius 2 is 2.04 bits per heavy atom. The molecular formula is C17H26N2O3S. The predicted octanol–water partition coefficient (Wildman–Crippen LogP) is 1.84. The van der Waals surface area contributed by atoms with Gasteiger partial charge >= 0.3 is 0 Å². The highest BCUT2D eigenvalue weighted by Crippen LogP contribution is 2.31. The van der Waals surface area contributed by atoms with Crippen LogP contribution < -0.4 is 10.3 Å². The van der Waals surface area contributed by atoms with Gasteiger partial charge in [0.1, 0.15) is 0 Å². The number of pyridine rings is 1. The molecule has 1 atom stereocenters. The number of rotatable bonds is 7. The lowest BCUT2D eigenvalue weighted by atomic mass is 9.92. The molecule has 0 bridgehead atoms. The maximum absolute atomic E-state index is 12.1. The van der Waals surface area contributed by atoms with Crippen LogP contribution in [0.4, 0.5) is 0 Å². The predicted molar refractivity (Wildman–Crippen MR) is 91.1 cm³/mol. The van der Waals surface area contributed by atoms with E-state index in [1.54, 1.807) is 6.07 Å². The van der Waals surface area contributed by atoms with Crippen molar-refractivity contribution in [2.45, 2.75) is 64.5 Å². The summed E-state index contributed by atoms with van der Waals surface area (Å²) in [7, 11) is -3.19. The van der Waals surface area contributed by atoms with Crippen molar-refractivity contribution in [2.24, 2.45) is 5.92 Å². The summed E-state index contributed by atoms with van der Waals surface area (Å²) >= 11 is 0. The third-order valence-electron chi connectivity index (χ3n) is 4.84. The van der Waals surface area contributed by atoms with Crippen molar-refractivity contribution in [1.82, 2.24) is 9.29 Å². The number of unbranched alkanes of at least 4 members (excludes halogenated alkanes) is 1. The molecule has 2 aliphatic carbocycles. The summed E-state index contributed by atoms with van der Waals surface area (Å²) in [6.45, 7) is 2.82. The van der Waals surface area contributed by atoms with Crippen molar-refractivity contribution in [2.75, 3.05) is 5.75 Å². The average molecular weight is 338 g/mol. The number of fused-ring (bicyclic) bond motifs is 1. The van der Waals surface area contributed by atoms with Gasteiger partial charge in [-0.3, -0.25) is 4.79 Å². The Balaban J connectivity index is 1.72. The van der Waals surface area contributed by atoms with Gasteiger partial charge in [0.2, 0.25) is 10.0 Å². The molecule has 1 heterocycles. The summed E-state index contributed by atoms with van der Waals surface area (Å²) in [5, 5.41) is 0. The molecule has 23 heavy (non-hydrogen) atoms. The zero-order chi connectivity index (χ0) is 16.4. The third kappa shape index (κ3) is 4.23. The summed E-state index contributed by atoms with van der Waals surface area (Å²) in [6.07, 6.45) is 6.24. The van der Waals surface area contributed by atoms with Crippen LogP contribution in [0.2, 0.25) is 0 Å². The molecule has 0 aromatic carbocycles. The van der Waals surface area contributed by atoms with Gasteiger partial charge in [-0.2, -0.15) is 0 Å². The monoisotopic (exact) mass is 338 g/mol. The fraction of sp³-hybridized carbons (Fsp3) is 0.706. The Kier molecular flexibility index (Phi) is 4.92. The molecule has 1 saturated carbocycles. The zero-order valence-electron chi connectivity index (χ0n) is 13.8. The standard InChI is InChI=1S/C17H26N2O3S/c1-2-3-10-23(21,22)18-15-7-8-16-14(11-15)6-9-17(20)19(16)12-13-4-5-13/h6,9,13,15,18H,2-5,7-8,10-12H2,1H3. The minimum Gasteiger partial charge on any atom is -0.312 e. The number of sulfonamides is 1. The molecular weight excluding hydrogens is 312 g/mol. The third-order valence-corrected chi connectivity index (χ3v) is 6.35. The SMILES string of the molecule is CCCCS(=O)(=O)NC1CCc2c(ccc(=O)n2CC2CC2)C1. The van der Waals surface area contributed by atoms with Gasteiger partial charge in [0.25, 0.3) is 5.56 Å². The van der Waals surface area contributed by atoms with Crippen molar-refractivity contribution in [1.29, 1.82) is 0 Å². The van der Waals surface area contributed by atoms with Crippen LogP contribution >= 0.6 is 0 Å². The topological polar surface area (TPSA) is 68.2 Å². The first kappa shape index (κ1) is 16.7. The number of nitrogens with one attached hydrogen (secondary N) is 1. The van der Waals surface area contributed by atoms with E-state index in [0.29, 0.717) is 18.8 Å². The molecule has 0 aliphatic heterocycles. The van der Waals surface area contributed by atoms with Gasteiger partial charge in [-0.1, -0.05) is 19.4 Å². The normalized spacial score (nSPS) is 21.2. The van der Waals surface area contributed by atoms with Crippen molar-refractivity contribution in [3.63, 3.8) is 0 Å². The largest absolute Gasteiger partial charge is 0.312 e. The average Bonchev–Trinajstić information content (AvgIpc) is 3.32. The lowest BCUT2D eigenvalue weighted by Crippen LogP contribution is -2.41. The van der Waals surface area contributed by atoms with Crippen molar-refractivity contribution in [3.8, 4) is 0 Å². The quantitative estimate of drug-likeness (QED) is 0.825. The van der Waals surface area contributed by atoms with Gasteiger partial charge < -0.3 is 4.57 Å². The second-order valence-electron chi connectivity index (χ2n) is 6.93. The Labute approximate surface area is 138 Å². The van der Waals surface area contributed by atoms with E-state index in [1.165, 1.54) is 12.8 Å². The van der Waals surface area contributed by atoms with Crippen LogP contribution in [0.15, 0.2) is 16.9 Å². The van der Waals surface area contributed by atoms with Crippen molar-refractivity contribution >= 4 is 10.0 Å². The molecule has 1 unspecified atom stereocenters. The maximum Gasteiger partial charge on any atom is 0.250 e. The van der Waals surface area contributed by atoms with E-state index in [0.717, 1.165) is 37.1 Å². The number of hydrogen-bond acceptors (Lipinski definition) is 3. The zero-order valence-corrected chi connectivity index (χ0v) is 14.6. The van der Waals surface area contributed by atoms with Gasteiger partial charge in [0.15, 0.2) is 0 Å². The van der Waals surface area contributed by atoms with Crippen LogP contribution in [0, 0.1) is 5.92 Å². The number of hydrogen-bond donors (Lipinski definition) is 1. The van der Waals surface area contributed by atoms with Gasteiger partial charge in [-0.05, 0) is 50.0 Å². The van der Waals surface area contributed by atoms with Crippen LogP contribution in [0.25, 0.3) is 0 Å². The van der Waals surface area contributed by atoms with E-state index < -0.39 is 10.0 Å². The highest BCUT2D eigenvalue weighted by atomic mass is 32.2. The summed E-state index contributed by atoms with van der Waals surface area (Å²) in [5.41, 5.74) is 2.32. The van der Waals surface area contributed by atoms with Crippen molar-refractivity contribution in [3.05, 3.63) is 33.7 Å². The van der Waals surface area contributed by atoms with E-state index in [1.807, 2.05) is 17.6 Å². The van der Waals surface area contributed by atoms with E-state index in [9.17, 15) is 13.2 Å². The first-order valence-corrected chi connectivity index (χ1v) is 10.4. The first-order valence-electron chi connectivity index (χ1n) is 8.70. The van der Waals surface area contributed by atoms with Crippen molar-refractivity contribution < 1.29 is 8.42 Å². The Morgan fingerprint density at radius 1 is 1.26 bits per heavy atom. The minimum absolute atomic E-state index is 0.0452. The lowest BCUT2D eigenvalue weighted by Gasteiger charge is -2.27. The molecule has 1 fully saturated rings. The van der Waals surface area contributed by atoms with E-state index in [4.69, 9.17) is 0 Å². The molecule has 3 rings (SSSR count). The molecule has 1 aromatic heterocycles. The molecule has 0 radical (unpaired) electrons. The van der Waals surface area contributed by atoms with Crippen LogP contribution in [-0.4, -0.2) is 24.8 Å². The molecule has 6 heteroatoms. The smallest absolute Gasteiger partial charge is 0.250 e. The molecule has 0 spiro atoms. The van der Waals surface area contributed by atoms with Gasteiger partial charge in [-0.15, -0.1) is 0 Å². The van der Waals surface area contributed by atoms with E-state index >= 15 is 0 Å². The lowest BCUT2D eigenvalue weighted by molar-refractivity contribution is 0.476. The van der Waals surface area contributed by atoms with Gasteiger partial charge in [-0.25, -0.2) is 13.1 Å². The summed E-state index contributed by atoms with van der Waals surface area (Å²) < 4.78 is 28.9. The fourth-order valence-electron chi connectivity index (χ4n) is 3.33. The van der Waals surface area contributed by atoms with E-state index in [2.05, 4.69) is 4.72 Å². The van der Waals surface area contributed by atoms with Crippen LogP contribution in [0.3, 0.4) is 0 Å². The maximum atomic E-state index is 12.1. The molecule has 1 aromatic rings. The Bertz CT molecular complexity index is 720. The Hall–Kier alpha value is -1.14. The Morgan fingerprint density at radius 3 is 2.74 bits per heavy atom. The molecule has 1 N–H and O–H groups in total. The molecule has 2 aliphatic rings. The number of aromatic nitrogens is 1. The number of nitrogens with zero attached hydrogens (tertiary/aromatic N) is 1. The highest BCUT2D eigenvalue weighted by molar-refractivity contribution is 7.89. The fourth-order valence-corrected chi connectivity index (χ4v) is 4.83. The van der Waals surface area contributed by atoms with E-state index in [-0.39, 0.29) is 17.4 Å². The molecule has 0 saturated heterocycles. The molecule has 128 valence electrons. The summed E-state index contributed by atoms with van der Waals surface area (Å²) in [6, 6.07) is 3.47. The second-order valence-corrected chi connectivity index (χ2v) is 8.80. The molecule has 0 amide bonds. The van der Waals surface area contributed by atoms with Crippen LogP contribution in [-0.2, 0) is 29.4 Å². The van der Waals surface area contributed by atoms with Gasteiger partial charge in [0.05, 0.1) is 5.75 Å². The van der Waals surface area contributed by atoms with Crippen LogP contribution in [0.5, 0.6) is 0 Å². The molecule has 5 nitrogen and oxygen atoms in total. The summed E-state index contributed by atoms with van der Waals surface area (Å²) in [4.78, 5) is 12.1. The first-order chi connectivity index (χ1) is 11.0. The van der Waals surface area contributed by atoms with Crippen LogP contribution in [0.1, 0.15) is 50.3 Å². The highest BCUT2D eigenvalue weighted by Gasteiger charge is 2.27. The minimum atomic E-state index is -3.19. The van der Waals surface area contributed by atoms with Gasteiger partial charge in [0, 0.05) is 24.3 Å².